The Morgan fingerprint density at radius 1 is 1.17 bits per heavy atom. The summed E-state index contributed by atoms with van der Waals surface area (Å²) in [6, 6.07) is 15.7. The van der Waals surface area contributed by atoms with Crippen LogP contribution in [0.3, 0.4) is 0 Å². The van der Waals surface area contributed by atoms with E-state index >= 15 is 0 Å². The van der Waals surface area contributed by atoms with Gasteiger partial charge in [0.1, 0.15) is 0 Å². The lowest BCUT2D eigenvalue weighted by Gasteiger charge is -2.04. The predicted octanol–water partition coefficient (Wildman–Crippen LogP) is 5.05. The van der Waals surface area contributed by atoms with Gasteiger partial charge in [-0.1, -0.05) is 57.9 Å². The number of aromatic nitrogens is 1. The van der Waals surface area contributed by atoms with E-state index in [-0.39, 0.29) is 0 Å². The molecule has 1 heterocycles. The molecule has 0 N–H and O–H groups in total. The van der Waals surface area contributed by atoms with Crippen molar-refractivity contribution in [1.29, 1.82) is 0 Å². The van der Waals surface area contributed by atoms with Gasteiger partial charge in [0.05, 0.1) is 11.9 Å². The van der Waals surface area contributed by atoms with E-state index in [2.05, 4.69) is 26.0 Å². The van der Waals surface area contributed by atoms with Gasteiger partial charge in [0.15, 0.2) is 0 Å². The minimum atomic E-state index is 0.699. The van der Waals surface area contributed by atoms with Crippen molar-refractivity contribution in [2.45, 2.75) is 0 Å². The molecule has 0 radical (unpaired) electrons. The average Bonchev–Trinajstić information content (AvgIpc) is 2.97. The van der Waals surface area contributed by atoms with Crippen LogP contribution in [0.2, 0.25) is 5.02 Å². The summed E-state index contributed by atoms with van der Waals surface area (Å²) in [6.45, 7) is 0. The molecule has 0 aliphatic rings. The normalized spacial score (nSPS) is 12.2. The first-order valence-electron chi connectivity index (χ1n) is 6.87. The van der Waals surface area contributed by atoms with Crippen molar-refractivity contribution >= 4 is 45.1 Å². The zero-order chi connectivity index (χ0) is 16.2. The van der Waals surface area contributed by atoms with E-state index in [0.717, 1.165) is 26.1 Å². The van der Waals surface area contributed by atoms with Crippen molar-refractivity contribution in [3.8, 4) is 11.3 Å². The lowest BCUT2D eigenvalue weighted by atomic mass is 10.2. The fraction of sp³-hybridized carbons (Fsp3) is 0.0588. The van der Waals surface area contributed by atoms with E-state index in [1.165, 1.54) is 0 Å². The Balaban J connectivity index is 2.09. The molecule has 0 saturated heterocycles. The molecule has 2 aromatic carbocycles. The molecule has 0 aliphatic carbocycles. The Morgan fingerprint density at radius 3 is 2.74 bits per heavy atom. The van der Waals surface area contributed by atoms with Gasteiger partial charge in [-0.2, -0.15) is 5.10 Å². The van der Waals surface area contributed by atoms with Crippen LogP contribution >= 0.6 is 38.9 Å². The molecule has 3 nitrogen and oxygen atoms in total. The summed E-state index contributed by atoms with van der Waals surface area (Å²) >= 11 is 11.2. The molecule has 0 spiro atoms. The summed E-state index contributed by atoms with van der Waals surface area (Å²) < 4.78 is 2.83. The summed E-state index contributed by atoms with van der Waals surface area (Å²) in [5.74, 6) is 0. The van der Waals surface area contributed by atoms with Gasteiger partial charge in [0, 0.05) is 33.0 Å². The topological polar surface area (TPSA) is 29.6 Å². The molecule has 0 amide bonds. The van der Waals surface area contributed by atoms with Gasteiger partial charge in [0.25, 0.3) is 0 Å². The molecule has 3 aromatic rings. The van der Waals surface area contributed by atoms with E-state index in [1.54, 1.807) is 18.4 Å². The molecule has 6 heteroatoms. The number of halogens is 2. The SMILES string of the molecule is CN=c1scc(-c2cccc(Cl)c2)n1/N=C/c1ccccc1Br. The van der Waals surface area contributed by atoms with Crippen LogP contribution in [-0.2, 0) is 0 Å². The second-order valence-electron chi connectivity index (χ2n) is 4.72. The van der Waals surface area contributed by atoms with Gasteiger partial charge in [-0.05, 0) is 18.2 Å². The van der Waals surface area contributed by atoms with Crippen LogP contribution in [-0.4, -0.2) is 17.9 Å². The lowest BCUT2D eigenvalue weighted by molar-refractivity contribution is 0.848. The van der Waals surface area contributed by atoms with Crippen molar-refractivity contribution < 1.29 is 0 Å². The maximum Gasteiger partial charge on any atom is 0.205 e. The first-order chi connectivity index (χ1) is 11.2. The Morgan fingerprint density at radius 2 is 2.00 bits per heavy atom. The summed E-state index contributed by atoms with van der Waals surface area (Å²) in [4.78, 5) is 5.12. The molecule has 0 bridgehead atoms. The van der Waals surface area contributed by atoms with Crippen LogP contribution in [0.5, 0.6) is 0 Å². The Labute approximate surface area is 151 Å². The standard InChI is InChI=1S/C17H13BrClN3S/c1-20-17-22(21-10-13-5-2-3-8-15(13)18)16(11-23-17)12-6-4-7-14(19)9-12/h2-11H,1H3/b20-17?,21-10+. The Bertz CT molecular complexity index is 927. The fourth-order valence-electron chi connectivity index (χ4n) is 2.11. The zero-order valence-electron chi connectivity index (χ0n) is 12.3. The molecule has 0 aliphatic heterocycles. The number of hydrogen-bond donors (Lipinski definition) is 0. The van der Waals surface area contributed by atoms with E-state index in [4.69, 9.17) is 11.6 Å². The van der Waals surface area contributed by atoms with Gasteiger partial charge in [-0.3, -0.25) is 4.99 Å². The molecule has 116 valence electrons. The molecular formula is C17H13BrClN3S. The highest BCUT2D eigenvalue weighted by molar-refractivity contribution is 9.10. The monoisotopic (exact) mass is 405 g/mol. The quantitative estimate of drug-likeness (QED) is 0.545. The van der Waals surface area contributed by atoms with Gasteiger partial charge in [-0.25, -0.2) is 4.68 Å². The molecule has 0 saturated carbocycles. The lowest BCUT2D eigenvalue weighted by Crippen LogP contribution is -2.11. The molecule has 0 unspecified atom stereocenters. The third-order valence-corrected chi connectivity index (χ3v) is 5.08. The highest BCUT2D eigenvalue weighted by Crippen LogP contribution is 2.23. The van der Waals surface area contributed by atoms with Crippen molar-refractivity contribution in [2.75, 3.05) is 7.05 Å². The predicted molar refractivity (Wildman–Crippen MR) is 101 cm³/mol. The third-order valence-electron chi connectivity index (χ3n) is 3.21. The second kappa shape index (κ2) is 7.25. The van der Waals surface area contributed by atoms with E-state index in [9.17, 15) is 0 Å². The van der Waals surface area contributed by atoms with Crippen LogP contribution in [0, 0.1) is 0 Å². The van der Waals surface area contributed by atoms with E-state index in [0.29, 0.717) is 5.02 Å². The molecular weight excluding hydrogens is 394 g/mol. The van der Waals surface area contributed by atoms with Crippen molar-refractivity contribution in [2.24, 2.45) is 10.1 Å². The zero-order valence-corrected chi connectivity index (χ0v) is 15.4. The number of benzene rings is 2. The average molecular weight is 407 g/mol. The Hall–Kier alpha value is -1.69. The number of thiazole rings is 1. The summed E-state index contributed by atoms with van der Waals surface area (Å²) in [7, 11) is 1.76. The highest BCUT2D eigenvalue weighted by atomic mass is 79.9. The van der Waals surface area contributed by atoms with Crippen molar-refractivity contribution in [3.63, 3.8) is 0 Å². The van der Waals surface area contributed by atoms with Crippen LogP contribution < -0.4 is 4.80 Å². The largest absolute Gasteiger partial charge is 0.261 e. The van der Waals surface area contributed by atoms with Crippen LogP contribution in [0.1, 0.15) is 5.56 Å². The molecule has 3 rings (SSSR count). The van der Waals surface area contributed by atoms with Crippen LogP contribution in [0.25, 0.3) is 11.3 Å². The maximum atomic E-state index is 6.11. The van der Waals surface area contributed by atoms with Gasteiger partial charge in [-0.15, -0.1) is 11.3 Å². The molecule has 1 aromatic heterocycles. The summed E-state index contributed by atoms with van der Waals surface area (Å²) in [5.41, 5.74) is 2.97. The van der Waals surface area contributed by atoms with Gasteiger partial charge >= 0.3 is 0 Å². The minimum absolute atomic E-state index is 0.699. The molecule has 0 fully saturated rings. The number of rotatable bonds is 3. The van der Waals surface area contributed by atoms with Gasteiger partial charge in [0.2, 0.25) is 4.80 Å². The van der Waals surface area contributed by atoms with Crippen molar-refractivity contribution in [3.05, 3.63) is 73.8 Å². The molecule has 23 heavy (non-hydrogen) atoms. The fourth-order valence-corrected chi connectivity index (χ4v) is 3.49. The van der Waals surface area contributed by atoms with Crippen molar-refractivity contribution in [1.82, 2.24) is 4.68 Å². The van der Waals surface area contributed by atoms with Crippen LogP contribution in [0.4, 0.5) is 0 Å². The first-order valence-corrected chi connectivity index (χ1v) is 8.92. The Kier molecular flexibility index (Phi) is 5.10. The smallest absolute Gasteiger partial charge is 0.205 e. The van der Waals surface area contributed by atoms with E-state index in [1.807, 2.05) is 64.8 Å². The second-order valence-corrected chi connectivity index (χ2v) is 6.84. The summed E-state index contributed by atoms with van der Waals surface area (Å²) in [6.07, 6.45) is 1.82. The summed E-state index contributed by atoms with van der Waals surface area (Å²) in [5, 5.41) is 7.34. The minimum Gasteiger partial charge on any atom is -0.261 e. The van der Waals surface area contributed by atoms with Gasteiger partial charge < -0.3 is 0 Å². The molecule has 0 atom stereocenters. The highest BCUT2D eigenvalue weighted by Gasteiger charge is 2.07. The third kappa shape index (κ3) is 3.63. The number of hydrogen-bond acceptors (Lipinski definition) is 3. The van der Waals surface area contributed by atoms with E-state index < -0.39 is 0 Å². The maximum absolute atomic E-state index is 6.11. The number of nitrogens with zero attached hydrogens (tertiary/aromatic N) is 3. The van der Waals surface area contributed by atoms with Crippen LogP contribution in [0.15, 0.2) is 68.5 Å². The first kappa shape index (κ1) is 16.2.